The van der Waals surface area contributed by atoms with Crippen molar-refractivity contribution in [2.75, 3.05) is 5.32 Å². The first-order valence-electron chi connectivity index (χ1n) is 6.76. The fourth-order valence-electron chi connectivity index (χ4n) is 1.95. The van der Waals surface area contributed by atoms with Gasteiger partial charge in [0, 0.05) is 18.4 Å². The molecule has 0 saturated carbocycles. The van der Waals surface area contributed by atoms with Crippen molar-refractivity contribution in [2.45, 2.75) is 17.0 Å². The van der Waals surface area contributed by atoms with E-state index in [0.29, 0.717) is 21.4 Å². The minimum atomic E-state index is -0.547. The summed E-state index contributed by atoms with van der Waals surface area (Å²) in [5.41, 5.74) is 0.773. The maximum atomic E-state index is 12.5. The molecule has 0 radical (unpaired) electrons. The lowest BCUT2D eigenvalue weighted by Crippen LogP contribution is -2.30. The minimum absolute atomic E-state index is 0.407. The van der Waals surface area contributed by atoms with Crippen LogP contribution in [-0.4, -0.2) is 30.6 Å². The van der Waals surface area contributed by atoms with Gasteiger partial charge < -0.3 is 9.88 Å². The Labute approximate surface area is 135 Å². The predicted molar refractivity (Wildman–Crippen MR) is 85.8 cm³/mol. The lowest BCUT2D eigenvalue weighted by molar-refractivity contribution is 0.250. The number of aromatic amines is 1. The van der Waals surface area contributed by atoms with Crippen LogP contribution in [0.4, 0.5) is 10.5 Å². The smallest absolute Gasteiger partial charge is 0.311 e. The number of anilines is 1. The zero-order valence-corrected chi connectivity index (χ0v) is 13.3. The van der Waals surface area contributed by atoms with E-state index >= 15 is 0 Å². The van der Waals surface area contributed by atoms with Crippen LogP contribution in [0.2, 0.25) is 0 Å². The number of benzene rings is 1. The molecule has 0 unspecified atom stereocenters. The van der Waals surface area contributed by atoms with Crippen molar-refractivity contribution >= 4 is 23.5 Å². The molecule has 3 aromatic rings. The molecule has 1 aromatic carbocycles. The van der Waals surface area contributed by atoms with Gasteiger partial charge in [0.2, 0.25) is 0 Å². The Kier molecular flexibility index (Phi) is 4.02. The third kappa shape index (κ3) is 3.04. The average molecular weight is 330 g/mol. The van der Waals surface area contributed by atoms with Gasteiger partial charge in [0.1, 0.15) is 11.2 Å². The molecular weight excluding hydrogens is 316 g/mol. The third-order valence-electron chi connectivity index (χ3n) is 3.11. The second-order valence-electron chi connectivity index (χ2n) is 4.83. The summed E-state index contributed by atoms with van der Waals surface area (Å²) in [6, 6.07) is 8.38. The molecule has 8 nitrogen and oxygen atoms in total. The highest BCUT2D eigenvalue weighted by atomic mass is 32.2. The zero-order chi connectivity index (χ0) is 16.4. The summed E-state index contributed by atoms with van der Waals surface area (Å²) in [6.07, 6.45) is 1.55. The summed E-state index contributed by atoms with van der Waals surface area (Å²) in [4.78, 5) is 25.1. The summed E-state index contributed by atoms with van der Waals surface area (Å²) >= 11 is 1.16. The number of nitrogens with one attached hydrogen (secondary N) is 2. The van der Waals surface area contributed by atoms with Gasteiger partial charge in [-0.1, -0.05) is 18.2 Å². The standard InChI is InChI=1S/C14H14N6O2S/c1-9-11(23-14-17-15-8-19(14)2)12(21)20(18-9)13(22)16-10-6-4-3-5-7-10/h3-8,18H,1-2H3,(H,16,22). The van der Waals surface area contributed by atoms with E-state index in [4.69, 9.17) is 0 Å². The monoisotopic (exact) mass is 330 g/mol. The molecule has 0 fully saturated rings. The Morgan fingerprint density at radius 1 is 1.30 bits per heavy atom. The molecule has 1 amide bonds. The van der Waals surface area contributed by atoms with E-state index in [1.165, 1.54) is 0 Å². The van der Waals surface area contributed by atoms with Crippen LogP contribution in [0.15, 0.2) is 51.5 Å². The van der Waals surface area contributed by atoms with Crippen LogP contribution in [0, 0.1) is 6.92 Å². The van der Waals surface area contributed by atoms with Crippen molar-refractivity contribution in [1.29, 1.82) is 0 Å². The van der Waals surface area contributed by atoms with Crippen LogP contribution in [0.25, 0.3) is 0 Å². The zero-order valence-electron chi connectivity index (χ0n) is 12.5. The first-order chi connectivity index (χ1) is 11.1. The normalized spacial score (nSPS) is 10.7. The highest BCUT2D eigenvalue weighted by Crippen LogP contribution is 2.24. The number of carbonyl (C=O) groups is 1. The molecule has 2 aromatic heterocycles. The summed E-state index contributed by atoms with van der Waals surface area (Å²) in [7, 11) is 1.78. The van der Waals surface area contributed by atoms with Gasteiger partial charge in [-0.2, -0.15) is 4.68 Å². The van der Waals surface area contributed by atoms with Crippen molar-refractivity contribution in [2.24, 2.45) is 7.05 Å². The summed E-state index contributed by atoms with van der Waals surface area (Å²) < 4.78 is 2.64. The molecule has 3 rings (SSSR count). The number of aromatic nitrogens is 5. The maximum Gasteiger partial charge on any atom is 0.348 e. The number of amides is 1. The van der Waals surface area contributed by atoms with Crippen LogP contribution in [0.5, 0.6) is 0 Å². The molecule has 0 bridgehead atoms. The average Bonchev–Trinajstić information content (AvgIpc) is 3.06. The van der Waals surface area contributed by atoms with Crippen LogP contribution in [0.1, 0.15) is 5.69 Å². The van der Waals surface area contributed by atoms with Crippen LogP contribution in [-0.2, 0) is 7.05 Å². The number of nitrogens with zero attached hydrogens (tertiary/aromatic N) is 4. The van der Waals surface area contributed by atoms with E-state index in [1.807, 2.05) is 6.07 Å². The van der Waals surface area contributed by atoms with Crippen molar-refractivity contribution in [3.05, 3.63) is 52.7 Å². The SMILES string of the molecule is Cc1[nH]n(C(=O)Nc2ccccc2)c(=O)c1Sc1nncn1C. The van der Waals surface area contributed by atoms with Crippen LogP contribution in [0.3, 0.4) is 0 Å². The lowest BCUT2D eigenvalue weighted by Gasteiger charge is -2.03. The first kappa shape index (κ1) is 15.1. The Balaban J connectivity index is 1.87. The van der Waals surface area contributed by atoms with Gasteiger partial charge in [0.25, 0.3) is 5.56 Å². The molecule has 9 heteroatoms. The molecular formula is C14H14N6O2S. The van der Waals surface area contributed by atoms with Gasteiger partial charge >= 0.3 is 6.03 Å². The second kappa shape index (κ2) is 6.13. The number of H-pyrrole nitrogens is 1. The lowest BCUT2D eigenvalue weighted by atomic mass is 10.3. The minimum Gasteiger partial charge on any atom is -0.311 e. The van der Waals surface area contributed by atoms with Crippen molar-refractivity contribution < 1.29 is 4.79 Å². The van der Waals surface area contributed by atoms with Gasteiger partial charge in [-0.15, -0.1) is 10.2 Å². The Morgan fingerprint density at radius 3 is 2.70 bits per heavy atom. The number of hydrogen-bond acceptors (Lipinski definition) is 5. The molecule has 0 atom stereocenters. The van der Waals surface area contributed by atoms with Gasteiger partial charge in [-0.3, -0.25) is 9.89 Å². The van der Waals surface area contributed by atoms with Crippen LogP contribution < -0.4 is 10.9 Å². The van der Waals surface area contributed by atoms with Crippen LogP contribution >= 0.6 is 11.8 Å². The topological polar surface area (TPSA) is 97.6 Å². The quantitative estimate of drug-likeness (QED) is 0.764. The highest BCUT2D eigenvalue weighted by Gasteiger charge is 2.19. The predicted octanol–water partition coefficient (Wildman–Crippen LogP) is 1.84. The largest absolute Gasteiger partial charge is 0.348 e. The summed E-state index contributed by atoms with van der Waals surface area (Å²) in [6.45, 7) is 1.73. The van der Waals surface area contributed by atoms with E-state index in [-0.39, 0.29) is 0 Å². The van der Waals surface area contributed by atoms with E-state index in [0.717, 1.165) is 16.4 Å². The molecule has 0 spiro atoms. The highest BCUT2D eigenvalue weighted by molar-refractivity contribution is 7.99. The number of rotatable bonds is 3. The second-order valence-corrected chi connectivity index (χ2v) is 5.81. The van der Waals surface area contributed by atoms with Gasteiger partial charge in [-0.25, -0.2) is 4.79 Å². The fraction of sp³-hybridized carbons (Fsp3) is 0.143. The van der Waals surface area contributed by atoms with E-state index in [9.17, 15) is 9.59 Å². The summed E-state index contributed by atoms with van der Waals surface area (Å²) in [5, 5.41) is 13.7. The summed E-state index contributed by atoms with van der Waals surface area (Å²) in [5.74, 6) is 0. The Morgan fingerprint density at radius 2 is 2.04 bits per heavy atom. The Bertz CT molecular complexity index is 896. The third-order valence-corrected chi connectivity index (χ3v) is 4.35. The van der Waals surface area contributed by atoms with E-state index in [2.05, 4.69) is 20.6 Å². The first-order valence-corrected chi connectivity index (χ1v) is 7.58. The van der Waals surface area contributed by atoms with Crippen molar-refractivity contribution in [3.63, 3.8) is 0 Å². The molecule has 0 aliphatic carbocycles. The molecule has 2 N–H and O–H groups in total. The molecule has 0 aliphatic rings. The molecule has 23 heavy (non-hydrogen) atoms. The Hall–Kier alpha value is -2.81. The van der Waals surface area contributed by atoms with Crippen molar-refractivity contribution in [1.82, 2.24) is 24.5 Å². The van der Waals surface area contributed by atoms with Gasteiger partial charge in [-0.05, 0) is 30.8 Å². The van der Waals surface area contributed by atoms with Gasteiger partial charge in [0.05, 0.1) is 0 Å². The molecule has 0 saturated heterocycles. The van der Waals surface area contributed by atoms with E-state index < -0.39 is 11.6 Å². The number of aryl methyl sites for hydroxylation is 2. The molecule has 0 aliphatic heterocycles. The van der Waals surface area contributed by atoms with Crippen molar-refractivity contribution in [3.8, 4) is 0 Å². The number of hydrogen-bond donors (Lipinski definition) is 2. The maximum absolute atomic E-state index is 12.5. The number of para-hydroxylation sites is 1. The molecule has 118 valence electrons. The number of carbonyl (C=O) groups excluding carboxylic acids is 1. The van der Waals surface area contributed by atoms with E-state index in [1.54, 1.807) is 49.1 Å². The fourth-order valence-corrected chi connectivity index (χ4v) is 2.79. The van der Waals surface area contributed by atoms with Gasteiger partial charge in [0.15, 0.2) is 5.16 Å². The molecule has 2 heterocycles.